The fraction of sp³-hybridized carbons (Fsp3) is 0.333. The first kappa shape index (κ1) is 6.80. The third-order valence-electron chi connectivity index (χ3n) is 1.34. The van der Waals surface area contributed by atoms with Crippen LogP contribution in [-0.4, -0.2) is 20.4 Å². The summed E-state index contributed by atoms with van der Waals surface area (Å²) in [6.45, 7) is 0. The molecule has 4 heteroatoms. The SMILES string of the molecule is OC1=C(O)CC(O)=C(O)C1. The molecule has 1 rings (SSSR count). The quantitative estimate of drug-likeness (QED) is 0.414. The molecule has 0 saturated heterocycles. The predicted molar refractivity (Wildman–Crippen MR) is 33.8 cm³/mol. The van der Waals surface area contributed by atoms with Gasteiger partial charge in [-0.05, 0) is 0 Å². The maximum absolute atomic E-state index is 8.79. The van der Waals surface area contributed by atoms with Gasteiger partial charge in [0.05, 0.1) is 12.8 Å². The number of aliphatic hydroxyl groups is 4. The van der Waals surface area contributed by atoms with Crippen LogP contribution in [0.3, 0.4) is 0 Å². The zero-order valence-electron chi connectivity index (χ0n) is 5.20. The topological polar surface area (TPSA) is 80.9 Å². The first-order valence-electron chi connectivity index (χ1n) is 2.81. The second-order valence-electron chi connectivity index (χ2n) is 2.14. The first-order chi connectivity index (χ1) is 4.61. The van der Waals surface area contributed by atoms with E-state index in [1.165, 1.54) is 0 Å². The van der Waals surface area contributed by atoms with Crippen molar-refractivity contribution >= 4 is 0 Å². The van der Waals surface area contributed by atoms with Crippen LogP contribution >= 0.6 is 0 Å². The fourth-order valence-electron chi connectivity index (χ4n) is 0.725. The first-order valence-corrected chi connectivity index (χ1v) is 2.81. The molecule has 0 bridgehead atoms. The molecule has 56 valence electrons. The Balaban J connectivity index is 2.81. The van der Waals surface area contributed by atoms with Crippen LogP contribution in [0.2, 0.25) is 0 Å². The van der Waals surface area contributed by atoms with Gasteiger partial charge in [-0.1, -0.05) is 0 Å². The molecule has 4 nitrogen and oxygen atoms in total. The molecular formula is C6H8O4. The lowest BCUT2D eigenvalue weighted by Gasteiger charge is -2.11. The van der Waals surface area contributed by atoms with Crippen LogP contribution in [0.25, 0.3) is 0 Å². The zero-order valence-corrected chi connectivity index (χ0v) is 5.20. The molecule has 0 fully saturated rings. The van der Waals surface area contributed by atoms with E-state index in [9.17, 15) is 0 Å². The number of hydrogen-bond donors (Lipinski definition) is 4. The average molecular weight is 144 g/mol. The largest absolute Gasteiger partial charge is 0.508 e. The molecule has 0 aromatic heterocycles. The molecular weight excluding hydrogens is 136 g/mol. The van der Waals surface area contributed by atoms with Gasteiger partial charge in [0.15, 0.2) is 0 Å². The molecule has 0 aromatic rings. The minimum absolute atomic E-state index is 0.183. The second kappa shape index (κ2) is 2.13. The highest BCUT2D eigenvalue weighted by molar-refractivity contribution is 5.20. The molecule has 0 atom stereocenters. The van der Waals surface area contributed by atoms with Crippen LogP contribution in [0.15, 0.2) is 23.0 Å². The van der Waals surface area contributed by atoms with Gasteiger partial charge in [-0.15, -0.1) is 0 Å². The van der Waals surface area contributed by atoms with Gasteiger partial charge in [-0.2, -0.15) is 0 Å². The minimum Gasteiger partial charge on any atom is -0.508 e. The summed E-state index contributed by atoms with van der Waals surface area (Å²) in [5.74, 6) is -1.13. The summed E-state index contributed by atoms with van der Waals surface area (Å²) < 4.78 is 0. The highest BCUT2D eigenvalue weighted by Gasteiger charge is 2.18. The smallest absolute Gasteiger partial charge is 0.138 e. The third kappa shape index (κ3) is 1.00. The lowest BCUT2D eigenvalue weighted by atomic mass is 10.1. The van der Waals surface area contributed by atoms with Crippen LogP contribution in [0, 0.1) is 0 Å². The van der Waals surface area contributed by atoms with Gasteiger partial charge in [-0.25, -0.2) is 0 Å². The van der Waals surface area contributed by atoms with E-state index >= 15 is 0 Å². The van der Waals surface area contributed by atoms with Gasteiger partial charge in [0.25, 0.3) is 0 Å². The summed E-state index contributed by atoms with van der Waals surface area (Å²) >= 11 is 0. The lowest BCUT2D eigenvalue weighted by molar-refractivity contribution is 0.233. The maximum Gasteiger partial charge on any atom is 0.138 e. The monoisotopic (exact) mass is 144 g/mol. The minimum atomic E-state index is -0.282. The molecule has 4 N–H and O–H groups in total. The molecule has 1 aliphatic carbocycles. The van der Waals surface area contributed by atoms with Crippen LogP contribution < -0.4 is 0 Å². The van der Waals surface area contributed by atoms with Crippen molar-refractivity contribution < 1.29 is 20.4 Å². The molecule has 0 amide bonds. The summed E-state index contributed by atoms with van der Waals surface area (Å²) in [5, 5.41) is 35.2. The summed E-state index contributed by atoms with van der Waals surface area (Å²) in [4.78, 5) is 0. The highest BCUT2D eigenvalue weighted by Crippen LogP contribution is 2.23. The van der Waals surface area contributed by atoms with Crippen LogP contribution in [0.1, 0.15) is 12.8 Å². The average Bonchev–Trinajstić information content (AvgIpc) is 1.84. The standard InChI is InChI=1S/C6H8O4/c7-3-1-4(8)6(10)2-5(3)9/h7-10H,1-2H2. The Morgan fingerprint density at radius 2 is 0.800 bits per heavy atom. The number of hydrogen-bond acceptors (Lipinski definition) is 4. The molecule has 0 spiro atoms. The molecule has 0 radical (unpaired) electrons. The fourth-order valence-corrected chi connectivity index (χ4v) is 0.725. The normalized spacial score (nSPS) is 20.0. The van der Waals surface area contributed by atoms with E-state index in [1.807, 2.05) is 0 Å². The zero-order chi connectivity index (χ0) is 7.72. The van der Waals surface area contributed by atoms with Gasteiger partial charge in [0.2, 0.25) is 0 Å². The van der Waals surface area contributed by atoms with Crippen molar-refractivity contribution in [2.24, 2.45) is 0 Å². The Labute approximate surface area is 57.4 Å². The van der Waals surface area contributed by atoms with Crippen LogP contribution in [-0.2, 0) is 0 Å². The van der Waals surface area contributed by atoms with Crippen molar-refractivity contribution in [2.75, 3.05) is 0 Å². The lowest BCUT2D eigenvalue weighted by Crippen LogP contribution is -2.04. The Hall–Kier alpha value is -1.32. The molecule has 0 saturated carbocycles. The Morgan fingerprint density at radius 1 is 0.600 bits per heavy atom. The van der Waals surface area contributed by atoms with E-state index in [0.717, 1.165) is 0 Å². The summed E-state index contributed by atoms with van der Waals surface area (Å²) in [6, 6.07) is 0. The van der Waals surface area contributed by atoms with E-state index in [4.69, 9.17) is 20.4 Å². The van der Waals surface area contributed by atoms with Gasteiger partial charge in [0.1, 0.15) is 23.0 Å². The van der Waals surface area contributed by atoms with E-state index in [1.54, 1.807) is 0 Å². The van der Waals surface area contributed by atoms with Gasteiger partial charge in [0, 0.05) is 0 Å². The van der Waals surface area contributed by atoms with Gasteiger partial charge in [-0.3, -0.25) is 0 Å². The van der Waals surface area contributed by atoms with E-state index in [2.05, 4.69) is 0 Å². The summed E-state index contributed by atoms with van der Waals surface area (Å²) in [7, 11) is 0. The molecule has 0 unspecified atom stereocenters. The molecule has 10 heavy (non-hydrogen) atoms. The van der Waals surface area contributed by atoms with E-state index in [0.29, 0.717) is 0 Å². The second-order valence-corrected chi connectivity index (χ2v) is 2.14. The summed E-state index contributed by atoms with van der Waals surface area (Å²) in [6.07, 6.45) is -0.366. The van der Waals surface area contributed by atoms with Crippen molar-refractivity contribution in [3.8, 4) is 0 Å². The van der Waals surface area contributed by atoms with Crippen molar-refractivity contribution in [1.82, 2.24) is 0 Å². The molecule has 1 aliphatic rings. The predicted octanol–water partition coefficient (Wildman–Crippen LogP) is 1.44. The van der Waals surface area contributed by atoms with Crippen molar-refractivity contribution in [3.05, 3.63) is 23.0 Å². The van der Waals surface area contributed by atoms with Crippen molar-refractivity contribution in [3.63, 3.8) is 0 Å². The maximum atomic E-state index is 8.79. The molecule has 0 aliphatic heterocycles. The van der Waals surface area contributed by atoms with Crippen molar-refractivity contribution in [1.29, 1.82) is 0 Å². The Morgan fingerprint density at radius 3 is 1.00 bits per heavy atom. The third-order valence-corrected chi connectivity index (χ3v) is 1.34. The molecule has 0 aromatic carbocycles. The molecule has 0 heterocycles. The van der Waals surface area contributed by atoms with Gasteiger partial charge < -0.3 is 20.4 Å². The van der Waals surface area contributed by atoms with E-state index in [-0.39, 0.29) is 35.9 Å². The summed E-state index contributed by atoms with van der Waals surface area (Å²) in [5.41, 5.74) is 0. The number of aliphatic hydroxyl groups excluding tert-OH is 4. The van der Waals surface area contributed by atoms with Gasteiger partial charge >= 0.3 is 0 Å². The van der Waals surface area contributed by atoms with Crippen LogP contribution in [0.4, 0.5) is 0 Å². The van der Waals surface area contributed by atoms with E-state index < -0.39 is 0 Å². The Bertz CT molecular complexity index is 170. The Kier molecular flexibility index (Phi) is 1.45. The highest BCUT2D eigenvalue weighted by atomic mass is 16.3. The van der Waals surface area contributed by atoms with Crippen LogP contribution in [0.5, 0.6) is 0 Å². The van der Waals surface area contributed by atoms with Crippen molar-refractivity contribution in [2.45, 2.75) is 12.8 Å². The number of rotatable bonds is 0.